The SMILES string of the molecule is Cc1sc(NC(=O)C(C)C)c(C(=O)N2CCC(c3nncn3C)CC2)c1C. The third-order valence-electron chi connectivity index (χ3n) is 5.25. The second-order valence-electron chi connectivity index (χ2n) is 7.50. The van der Waals surface area contributed by atoms with E-state index in [0.29, 0.717) is 29.6 Å². The van der Waals surface area contributed by atoms with Crippen molar-refractivity contribution in [1.82, 2.24) is 19.7 Å². The molecule has 3 rings (SSSR count). The Hall–Kier alpha value is -2.22. The lowest BCUT2D eigenvalue weighted by atomic mass is 9.95. The average molecular weight is 390 g/mol. The standard InChI is InChI=1S/C19H27N5O2S/c1-11(2)17(25)21-18-15(12(3)13(4)27-18)19(26)24-8-6-14(7-9-24)16-22-20-10-23(16)5/h10-11,14H,6-9H2,1-5H3,(H,21,25). The molecule has 0 unspecified atom stereocenters. The average Bonchev–Trinajstić information content (AvgIpc) is 3.18. The molecule has 0 radical (unpaired) electrons. The van der Waals surface area contributed by atoms with Gasteiger partial charge in [0.15, 0.2) is 0 Å². The summed E-state index contributed by atoms with van der Waals surface area (Å²) >= 11 is 1.48. The minimum Gasteiger partial charge on any atom is -0.338 e. The summed E-state index contributed by atoms with van der Waals surface area (Å²) in [6.07, 6.45) is 3.45. The number of nitrogens with one attached hydrogen (secondary N) is 1. The van der Waals surface area contributed by atoms with Crippen LogP contribution in [0.5, 0.6) is 0 Å². The lowest BCUT2D eigenvalue weighted by Crippen LogP contribution is -2.38. The van der Waals surface area contributed by atoms with Crippen LogP contribution in [0.4, 0.5) is 5.00 Å². The van der Waals surface area contributed by atoms with E-state index in [-0.39, 0.29) is 17.7 Å². The Labute approximate surface area is 163 Å². The highest BCUT2D eigenvalue weighted by atomic mass is 32.1. The van der Waals surface area contributed by atoms with Crippen molar-refractivity contribution in [3.63, 3.8) is 0 Å². The van der Waals surface area contributed by atoms with Crippen LogP contribution in [0.1, 0.15) is 59.2 Å². The zero-order valence-corrected chi connectivity index (χ0v) is 17.4. The molecule has 7 nitrogen and oxygen atoms in total. The summed E-state index contributed by atoms with van der Waals surface area (Å²) in [6.45, 7) is 9.01. The van der Waals surface area contributed by atoms with E-state index < -0.39 is 0 Å². The van der Waals surface area contributed by atoms with E-state index in [1.165, 1.54) is 11.3 Å². The maximum atomic E-state index is 13.2. The highest BCUT2D eigenvalue weighted by Gasteiger charge is 2.30. The molecule has 1 saturated heterocycles. The van der Waals surface area contributed by atoms with Crippen molar-refractivity contribution in [3.05, 3.63) is 28.2 Å². The molecule has 0 aromatic carbocycles. The van der Waals surface area contributed by atoms with Crippen LogP contribution in [-0.2, 0) is 11.8 Å². The zero-order chi connectivity index (χ0) is 19.7. The summed E-state index contributed by atoms with van der Waals surface area (Å²) in [5, 5.41) is 11.8. The van der Waals surface area contributed by atoms with Gasteiger partial charge in [-0.05, 0) is 32.3 Å². The van der Waals surface area contributed by atoms with E-state index in [1.807, 2.05) is 44.2 Å². The van der Waals surface area contributed by atoms with Crippen molar-refractivity contribution in [1.29, 1.82) is 0 Å². The summed E-state index contributed by atoms with van der Waals surface area (Å²) in [7, 11) is 1.95. The minimum atomic E-state index is -0.127. The van der Waals surface area contributed by atoms with Crippen molar-refractivity contribution in [3.8, 4) is 0 Å². The molecule has 0 bridgehead atoms. The highest BCUT2D eigenvalue weighted by molar-refractivity contribution is 7.16. The van der Waals surface area contributed by atoms with Crippen molar-refractivity contribution in [2.24, 2.45) is 13.0 Å². The molecule has 2 aromatic rings. The number of thiophene rings is 1. The van der Waals surface area contributed by atoms with Crippen molar-refractivity contribution in [2.75, 3.05) is 18.4 Å². The molecule has 1 N–H and O–H groups in total. The maximum Gasteiger partial charge on any atom is 0.257 e. The number of likely N-dealkylation sites (tertiary alicyclic amines) is 1. The number of amides is 2. The maximum absolute atomic E-state index is 13.2. The Bertz CT molecular complexity index is 846. The van der Waals surface area contributed by atoms with Gasteiger partial charge >= 0.3 is 0 Å². The second kappa shape index (κ2) is 7.80. The quantitative estimate of drug-likeness (QED) is 0.871. The van der Waals surface area contributed by atoms with Gasteiger partial charge in [-0.2, -0.15) is 0 Å². The highest BCUT2D eigenvalue weighted by Crippen LogP contribution is 2.35. The van der Waals surface area contributed by atoms with E-state index in [2.05, 4.69) is 15.5 Å². The first-order chi connectivity index (χ1) is 12.8. The van der Waals surface area contributed by atoms with Crippen LogP contribution >= 0.6 is 11.3 Å². The van der Waals surface area contributed by atoms with Crippen LogP contribution < -0.4 is 5.32 Å². The number of piperidine rings is 1. The first-order valence-corrected chi connectivity index (χ1v) is 10.1. The predicted molar refractivity (Wildman–Crippen MR) is 106 cm³/mol. The molecule has 0 spiro atoms. The summed E-state index contributed by atoms with van der Waals surface area (Å²) in [4.78, 5) is 28.3. The summed E-state index contributed by atoms with van der Waals surface area (Å²) in [5.41, 5.74) is 1.60. The number of aromatic nitrogens is 3. The van der Waals surface area contributed by atoms with Gasteiger partial charge in [0.05, 0.1) is 5.56 Å². The Morgan fingerprint density at radius 1 is 1.26 bits per heavy atom. The molecule has 146 valence electrons. The lowest BCUT2D eigenvalue weighted by Gasteiger charge is -2.31. The fraction of sp³-hybridized carbons (Fsp3) is 0.579. The zero-order valence-electron chi connectivity index (χ0n) is 16.6. The van der Waals surface area contributed by atoms with E-state index in [4.69, 9.17) is 0 Å². The van der Waals surface area contributed by atoms with Gasteiger partial charge in [-0.1, -0.05) is 13.8 Å². The Balaban J connectivity index is 1.75. The number of hydrogen-bond acceptors (Lipinski definition) is 5. The molecule has 27 heavy (non-hydrogen) atoms. The summed E-state index contributed by atoms with van der Waals surface area (Å²) in [6, 6.07) is 0. The first kappa shape index (κ1) is 19.5. The topological polar surface area (TPSA) is 80.1 Å². The first-order valence-electron chi connectivity index (χ1n) is 9.33. The third-order valence-corrected chi connectivity index (χ3v) is 6.38. The normalized spacial score (nSPS) is 15.4. The van der Waals surface area contributed by atoms with Gasteiger partial charge in [0, 0.05) is 36.9 Å². The molecule has 2 amide bonds. The molecule has 8 heteroatoms. The Morgan fingerprint density at radius 3 is 2.48 bits per heavy atom. The largest absolute Gasteiger partial charge is 0.338 e. The van der Waals surface area contributed by atoms with E-state index in [1.54, 1.807) is 6.33 Å². The van der Waals surface area contributed by atoms with Crippen LogP contribution in [0.3, 0.4) is 0 Å². The number of anilines is 1. The summed E-state index contributed by atoms with van der Waals surface area (Å²) in [5.74, 6) is 1.12. The van der Waals surface area contributed by atoms with Crippen LogP contribution in [0.15, 0.2) is 6.33 Å². The Kier molecular flexibility index (Phi) is 5.64. The Morgan fingerprint density at radius 2 is 1.93 bits per heavy atom. The molecule has 1 aliphatic rings. The number of aryl methyl sites for hydroxylation is 2. The second-order valence-corrected chi connectivity index (χ2v) is 8.72. The number of hydrogen-bond donors (Lipinski definition) is 1. The molecular weight excluding hydrogens is 362 g/mol. The van der Waals surface area contributed by atoms with Crippen molar-refractivity contribution >= 4 is 28.2 Å². The number of rotatable bonds is 4. The van der Waals surface area contributed by atoms with Gasteiger partial charge in [0.2, 0.25) is 5.91 Å². The molecule has 3 heterocycles. The predicted octanol–water partition coefficient (Wildman–Crippen LogP) is 3.11. The molecule has 2 aromatic heterocycles. The summed E-state index contributed by atoms with van der Waals surface area (Å²) < 4.78 is 1.95. The monoisotopic (exact) mass is 389 g/mol. The fourth-order valence-electron chi connectivity index (χ4n) is 3.39. The van der Waals surface area contributed by atoms with E-state index >= 15 is 0 Å². The van der Waals surface area contributed by atoms with Crippen molar-refractivity contribution in [2.45, 2.75) is 46.5 Å². The van der Waals surface area contributed by atoms with Gasteiger partial charge in [-0.3, -0.25) is 9.59 Å². The van der Waals surface area contributed by atoms with Gasteiger partial charge in [-0.15, -0.1) is 21.5 Å². The molecule has 1 aliphatic heterocycles. The van der Waals surface area contributed by atoms with Crippen LogP contribution in [0, 0.1) is 19.8 Å². The number of nitrogens with zero attached hydrogens (tertiary/aromatic N) is 4. The smallest absolute Gasteiger partial charge is 0.257 e. The molecular formula is C19H27N5O2S. The molecule has 1 fully saturated rings. The number of carbonyl (C=O) groups is 2. The van der Waals surface area contributed by atoms with Crippen LogP contribution in [0.25, 0.3) is 0 Å². The number of carbonyl (C=O) groups excluding carboxylic acids is 2. The fourth-order valence-corrected chi connectivity index (χ4v) is 4.44. The van der Waals surface area contributed by atoms with E-state index in [9.17, 15) is 9.59 Å². The van der Waals surface area contributed by atoms with Gasteiger partial charge in [0.1, 0.15) is 17.2 Å². The van der Waals surface area contributed by atoms with E-state index in [0.717, 1.165) is 29.1 Å². The van der Waals surface area contributed by atoms with Crippen LogP contribution in [-0.4, -0.2) is 44.6 Å². The molecule has 0 aliphatic carbocycles. The van der Waals surface area contributed by atoms with Gasteiger partial charge < -0.3 is 14.8 Å². The third kappa shape index (κ3) is 3.90. The van der Waals surface area contributed by atoms with Crippen molar-refractivity contribution < 1.29 is 9.59 Å². The lowest BCUT2D eigenvalue weighted by molar-refractivity contribution is -0.118. The molecule has 0 atom stereocenters. The van der Waals surface area contributed by atoms with Crippen LogP contribution in [0.2, 0.25) is 0 Å². The minimum absolute atomic E-state index is 0.00678. The van der Waals surface area contributed by atoms with Gasteiger partial charge in [-0.25, -0.2) is 0 Å². The van der Waals surface area contributed by atoms with Gasteiger partial charge in [0.25, 0.3) is 5.91 Å². The molecule has 0 saturated carbocycles.